The maximum absolute atomic E-state index is 5.57. The fraction of sp³-hybridized carbons (Fsp3) is 0.308. The molecule has 7 heteroatoms. The Hall–Kier alpha value is -1.73. The molecule has 3 aromatic heterocycles. The maximum atomic E-state index is 5.57. The number of hydrogen-bond donors (Lipinski definition) is 1. The van der Waals surface area contributed by atoms with E-state index in [1.165, 1.54) is 17.8 Å². The molecule has 0 amide bonds. The number of hydrogen-bond acceptors (Lipinski definition) is 7. The van der Waals surface area contributed by atoms with Crippen molar-refractivity contribution in [1.82, 2.24) is 15.2 Å². The van der Waals surface area contributed by atoms with Gasteiger partial charge in [0, 0.05) is 11.3 Å². The van der Waals surface area contributed by atoms with Crippen LogP contribution < -0.4 is 5.32 Å². The molecule has 1 aliphatic rings. The highest BCUT2D eigenvalue weighted by molar-refractivity contribution is 7.13. The minimum Gasteiger partial charge on any atom is -0.403 e. The van der Waals surface area contributed by atoms with Crippen LogP contribution in [0.2, 0.25) is 0 Å². The smallest absolute Gasteiger partial charge is 0.316 e. The lowest BCUT2D eigenvalue weighted by atomic mass is 10.4. The molecule has 4 rings (SSSR count). The van der Waals surface area contributed by atoms with Crippen molar-refractivity contribution in [2.45, 2.75) is 25.3 Å². The molecule has 20 heavy (non-hydrogen) atoms. The molecule has 3 aromatic rings. The monoisotopic (exact) mass is 304 g/mol. The van der Waals surface area contributed by atoms with Crippen LogP contribution in [0.25, 0.3) is 10.8 Å². The van der Waals surface area contributed by atoms with E-state index in [-0.39, 0.29) is 0 Å². The van der Waals surface area contributed by atoms with Crippen LogP contribution >= 0.6 is 22.7 Å². The average Bonchev–Trinajstić information content (AvgIpc) is 2.93. The zero-order chi connectivity index (χ0) is 13.4. The molecule has 5 nitrogen and oxygen atoms in total. The molecule has 1 N–H and O–H groups in total. The summed E-state index contributed by atoms with van der Waals surface area (Å²) in [5.74, 6) is 1.27. The third-order valence-electron chi connectivity index (χ3n) is 3.07. The third-order valence-corrected chi connectivity index (χ3v) is 4.99. The van der Waals surface area contributed by atoms with Gasteiger partial charge < -0.3 is 9.73 Å². The second kappa shape index (κ2) is 4.99. The Kier molecular flexibility index (Phi) is 3.00. The van der Waals surface area contributed by atoms with Crippen LogP contribution in [0.1, 0.15) is 29.5 Å². The summed E-state index contributed by atoms with van der Waals surface area (Å²) in [5.41, 5.74) is 1.03. The molecular formula is C13H12N4OS2. The first-order valence-corrected chi connectivity index (χ1v) is 8.20. The SMILES string of the molecule is c1csc(-c2nnc(NCc3csc(C4CC4)n3)o2)c1. The van der Waals surface area contributed by atoms with Crippen molar-refractivity contribution in [2.24, 2.45) is 0 Å². The number of thiophene rings is 1. The Balaban J connectivity index is 1.41. The van der Waals surface area contributed by atoms with Crippen LogP contribution in [0, 0.1) is 0 Å². The number of aromatic nitrogens is 3. The summed E-state index contributed by atoms with van der Waals surface area (Å²) in [5, 5.41) is 16.5. The van der Waals surface area contributed by atoms with E-state index in [0.29, 0.717) is 24.4 Å². The first kappa shape index (κ1) is 12.0. The van der Waals surface area contributed by atoms with E-state index in [0.717, 1.165) is 10.6 Å². The van der Waals surface area contributed by atoms with Crippen LogP contribution in [-0.4, -0.2) is 15.2 Å². The Bertz CT molecular complexity index is 700. The number of nitrogens with zero attached hydrogens (tertiary/aromatic N) is 3. The van der Waals surface area contributed by atoms with Crippen LogP contribution in [0.15, 0.2) is 27.3 Å². The lowest BCUT2D eigenvalue weighted by Gasteiger charge is -1.96. The van der Waals surface area contributed by atoms with E-state index < -0.39 is 0 Å². The van der Waals surface area contributed by atoms with Crippen molar-refractivity contribution >= 4 is 28.7 Å². The van der Waals surface area contributed by atoms with Gasteiger partial charge in [-0.1, -0.05) is 11.2 Å². The van der Waals surface area contributed by atoms with Gasteiger partial charge >= 0.3 is 6.01 Å². The van der Waals surface area contributed by atoms with Crippen LogP contribution in [-0.2, 0) is 6.54 Å². The van der Waals surface area contributed by atoms with Crippen molar-refractivity contribution < 1.29 is 4.42 Å². The van der Waals surface area contributed by atoms with Gasteiger partial charge in [0.2, 0.25) is 0 Å². The molecule has 0 saturated heterocycles. The quantitative estimate of drug-likeness (QED) is 0.778. The van der Waals surface area contributed by atoms with E-state index in [4.69, 9.17) is 4.42 Å². The van der Waals surface area contributed by atoms with Crippen molar-refractivity contribution in [3.63, 3.8) is 0 Å². The Morgan fingerprint density at radius 3 is 3.05 bits per heavy atom. The fourth-order valence-electron chi connectivity index (χ4n) is 1.88. The molecule has 0 atom stereocenters. The standard InChI is InChI=1S/C13H12N4OS2/c1-2-10(19-5-1)11-16-17-13(18-11)14-6-9-7-20-12(15-9)8-3-4-8/h1-2,5,7-8H,3-4,6H2,(H,14,17). The predicted octanol–water partition coefficient (Wildman–Crippen LogP) is 3.74. The molecule has 0 spiro atoms. The van der Waals surface area contributed by atoms with E-state index in [1.807, 2.05) is 17.5 Å². The van der Waals surface area contributed by atoms with E-state index in [2.05, 4.69) is 25.9 Å². The van der Waals surface area contributed by atoms with Crippen LogP contribution in [0.5, 0.6) is 0 Å². The summed E-state index contributed by atoms with van der Waals surface area (Å²) in [6.45, 7) is 0.620. The highest BCUT2D eigenvalue weighted by atomic mass is 32.1. The van der Waals surface area contributed by atoms with Gasteiger partial charge in [-0.25, -0.2) is 4.98 Å². The number of nitrogens with one attached hydrogen (secondary N) is 1. The summed E-state index contributed by atoms with van der Waals surface area (Å²) in [6, 6.07) is 4.37. The van der Waals surface area contributed by atoms with E-state index in [9.17, 15) is 0 Å². The maximum Gasteiger partial charge on any atom is 0.316 e. The van der Waals surface area contributed by atoms with Gasteiger partial charge in [-0.15, -0.1) is 27.8 Å². The molecule has 0 unspecified atom stereocenters. The van der Waals surface area contributed by atoms with Gasteiger partial charge in [0.25, 0.3) is 5.89 Å². The molecule has 0 bridgehead atoms. The molecule has 1 saturated carbocycles. The Labute approximate surface area is 123 Å². The average molecular weight is 304 g/mol. The van der Waals surface area contributed by atoms with E-state index >= 15 is 0 Å². The van der Waals surface area contributed by atoms with Crippen LogP contribution in [0.4, 0.5) is 6.01 Å². The number of thiazole rings is 1. The first-order chi connectivity index (χ1) is 9.88. The number of anilines is 1. The zero-order valence-electron chi connectivity index (χ0n) is 10.6. The minimum absolute atomic E-state index is 0.439. The highest BCUT2D eigenvalue weighted by Gasteiger charge is 2.26. The lowest BCUT2D eigenvalue weighted by Crippen LogP contribution is -2.00. The summed E-state index contributed by atoms with van der Waals surface area (Å²) in [4.78, 5) is 5.59. The van der Waals surface area contributed by atoms with Crippen molar-refractivity contribution in [1.29, 1.82) is 0 Å². The molecule has 1 aliphatic carbocycles. The normalized spacial score (nSPS) is 14.6. The topological polar surface area (TPSA) is 63.8 Å². The largest absolute Gasteiger partial charge is 0.403 e. The van der Waals surface area contributed by atoms with E-state index in [1.54, 1.807) is 22.7 Å². The molecule has 102 valence electrons. The first-order valence-electron chi connectivity index (χ1n) is 6.44. The van der Waals surface area contributed by atoms with Crippen LogP contribution in [0.3, 0.4) is 0 Å². The molecule has 0 aromatic carbocycles. The van der Waals surface area contributed by atoms with Gasteiger partial charge in [0.1, 0.15) is 0 Å². The molecular weight excluding hydrogens is 292 g/mol. The molecule has 0 aliphatic heterocycles. The van der Waals surface area contributed by atoms with Gasteiger partial charge in [0.05, 0.1) is 22.1 Å². The summed E-state index contributed by atoms with van der Waals surface area (Å²) >= 11 is 3.33. The van der Waals surface area contributed by atoms with Crippen molar-refractivity contribution in [3.8, 4) is 10.8 Å². The second-order valence-electron chi connectivity index (χ2n) is 4.69. The fourth-order valence-corrected chi connectivity index (χ4v) is 3.52. The van der Waals surface area contributed by atoms with Gasteiger partial charge in [0.15, 0.2) is 0 Å². The lowest BCUT2D eigenvalue weighted by molar-refractivity contribution is 0.582. The van der Waals surface area contributed by atoms with Gasteiger partial charge in [-0.05, 0) is 24.3 Å². The second-order valence-corrected chi connectivity index (χ2v) is 6.53. The molecule has 0 radical (unpaired) electrons. The van der Waals surface area contributed by atoms with Gasteiger partial charge in [-0.3, -0.25) is 0 Å². The minimum atomic E-state index is 0.439. The Morgan fingerprint density at radius 2 is 2.25 bits per heavy atom. The zero-order valence-corrected chi connectivity index (χ0v) is 12.2. The summed E-state index contributed by atoms with van der Waals surface area (Å²) in [7, 11) is 0. The van der Waals surface area contributed by atoms with Gasteiger partial charge in [-0.2, -0.15) is 0 Å². The Morgan fingerprint density at radius 1 is 1.30 bits per heavy atom. The molecule has 3 heterocycles. The predicted molar refractivity (Wildman–Crippen MR) is 79.0 cm³/mol. The summed E-state index contributed by atoms with van der Waals surface area (Å²) in [6.07, 6.45) is 2.57. The van der Waals surface area contributed by atoms with Crippen molar-refractivity contribution in [3.05, 3.63) is 33.6 Å². The third kappa shape index (κ3) is 2.46. The highest BCUT2D eigenvalue weighted by Crippen LogP contribution is 2.41. The van der Waals surface area contributed by atoms with Crippen molar-refractivity contribution in [2.75, 3.05) is 5.32 Å². The summed E-state index contributed by atoms with van der Waals surface area (Å²) < 4.78 is 5.57. The molecule has 1 fully saturated rings. The number of rotatable bonds is 5.